The van der Waals surface area contributed by atoms with Crippen LogP contribution in [0.3, 0.4) is 0 Å². The molecular weight excluding hydrogens is 464 g/mol. The van der Waals surface area contributed by atoms with Crippen molar-refractivity contribution in [1.29, 1.82) is 0 Å². The van der Waals surface area contributed by atoms with Crippen molar-refractivity contribution in [2.24, 2.45) is 11.8 Å². The molecule has 0 saturated carbocycles. The molecule has 3 heterocycles. The Morgan fingerprint density at radius 3 is 2.74 bits per heavy atom. The largest absolute Gasteiger partial charge is 0.466 e. The number of carbonyl (C=O) groups excluding carboxylic acids is 3. The molecule has 0 aromatic heterocycles. The van der Waals surface area contributed by atoms with Gasteiger partial charge in [0, 0.05) is 30.1 Å². The molecule has 1 N–H and O–H groups in total. The van der Waals surface area contributed by atoms with E-state index < -0.39 is 27.4 Å². The summed E-state index contributed by atoms with van der Waals surface area (Å²) in [6.07, 6.45) is 3.50. The third-order valence-corrected chi connectivity index (χ3v) is 9.83. The molecular formula is C27H36N2O5S. The minimum atomic E-state index is -0.724. The fourth-order valence-corrected chi connectivity index (χ4v) is 8.71. The number of aryl methyl sites for hydroxylation is 2. The highest BCUT2D eigenvalue weighted by Crippen LogP contribution is 2.71. The average molecular weight is 501 g/mol. The molecule has 2 bridgehead atoms. The minimum Gasteiger partial charge on any atom is -0.466 e. The molecule has 35 heavy (non-hydrogen) atoms. The summed E-state index contributed by atoms with van der Waals surface area (Å²) >= 11 is 1.63. The molecule has 1 aromatic carbocycles. The summed E-state index contributed by atoms with van der Waals surface area (Å²) in [5, 5.41) is 9.53. The van der Waals surface area contributed by atoms with Crippen LogP contribution >= 0.6 is 11.8 Å². The number of aliphatic hydroxyl groups is 1. The molecule has 3 fully saturated rings. The zero-order valence-electron chi connectivity index (χ0n) is 21.1. The molecule has 1 aromatic rings. The second-order valence-corrected chi connectivity index (χ2v) is 12.0. The Morgan fingerprint density at radius 1 is 1.34 bits per heavy atom. The monoisotopic (exact) mass is 500 g/mol. The Morgan fingerprint density at radius 2 is 2.09 bits per heavy atom. The van der Waals surface area contributed by atoms with Crippen LogP contribution < -0.4 is 4.90 Å². The number of thioether (sulfide) groups is 1. The van der Waals surface area contributed by atoms with Gasteiger partial charge in [-0.05, 0) is 64.2 Å². The SMILES string of the molecule is C=CCN(C(=O)C1N(CCCO)C(=O)[C@@H]2[C@H](C(=O)OCC)[C@]3(C)CCC12S3)c1cc(C)ccc1C. The normalized spacial score (nSPS) is 30.9. The summed E-state index contributed by atoms with van der Waals surface area (Å²) in [6.45, 7) is 12.4. The predicted molar refractivity (Wildman–Crippen MR) is 137 cm³/mol. The predicted octanol–water partition coefficient (Wildman–Crippen LogP) is 3.25. The Kier molecular flexibility index (Phi) is 7.08. The molecule has 8 heteroatoms. The molecule has 4 rings (SSSR count). The number of aliphatic hydroxyl groups excluding tert-OH is 1. The number of ether oxygens (including phenoxy) is 1. The van der Waals surface area contributed by atoms with Gasteiger partial charge in [0.05, 0.1) is 23.2 Å². The first-order valence-corrected chi connectivity index (χ1v) is 13.2. The van der Waals surface area contributed by atoms with Crippen LogP contribution in [0.5, 0.6) is 0 Å². The lowest BCUT2D eigenvalue weighted by atomic mass is 9.66. The maximum atomic E-state index is 14.4. The van der Waals surface area contributed by atoms with Crippen LogP contribution in [0.2, 0.25) is 0 Å². The molecule has 2 unspecified atom stereocenters. The van der Waals surface area contributed by atoms with E-state index in [1.54, 1.807) is 34.6 Å². The van der Waals surface area contributed by atoms with E-state index in [1.807, 2.05) is 39.0 Å². The van der Waals surface area contributed by atoms with Crippen molar-refractivity contribution in [1.82, 2.24) is 4.90 Å². The molecule has 1 spiro atoms. The van der Waals surface area contributed by atoms with Gasteiger partial charge in [-0.15, -0.1) is 18.3 Å². The molecule has 0 radical (unpaired) electrons. The van der Waals surface area contributed by atoms with Gasteiger partial charge < -0.3 is 19.6 Å². The fraction of sp³-hybridized carbons (Fsp3) is 0.593. The molecule has 3 aliphatic heterocycles. The van der Waals surface area contributed by atoms with E-state index in [0.717, 1.165) is 23.2 Å². The lowest BCUT2D eigenvalue weighted by Crippen LogP contribution is -2.55. The molecule has 7 nitrogen and oxygen atoms in total. The first-order valence-electron chi connectivity index (χ1n) is 12.4. The van der Waals surface area contributed by atoms with Crippen molar-refractivity contribution in [3.8, 4) is 0 Å². The van der Waals surface area contributed by atoms with Crippen molar-refractivity contribution in [3.63, 3.8) is 0 Å². The van der Waals surface area contributed by atoms with Crippen LogP contribution in [0.15, 0.2) is 30.9 Å². The van der Waals surface area contributed by atoms with E-state index in [-0.39, 0.29) is 37.5 Å². The quantitative estimate of drug-likeness (QED) is 0.414. The van der Waals surface area contributed by atoms with E-state index in [9.17, 15) is 19.5 Å². The van der Waals surface area contributed by atoms with E-state index in [4.69, 9.17) is 4.74 Å². The number of likely N-dealkylation sites (tertiary alicyclic amines) is 1. The van der Waals surface area contributed by atoms with E-state index in [2.05, 4.69) is 6.58 Å². The number of fused-ring (bicyclic) bond motifs is 1. The second kappa shape index (κ2) is 9.62. The average Bonchev–Trinajstić information content (AvgIpc) is 3.38. The zero-order valence-corrected chi connectivity index (χ0v) is 21.9. The first kappa shape index (κ1) is 25.8. The fourth-order valence-electron chi connectivity index (χ4n) is 6.37. The Hall–Kier alpha value is -2.32. The highest BCUT2D eigenvalue weighted by molar-refractivity contribution is 8.02. The Balaban J connectivity index is 1.81. The highest BCUT2D eigenvalue weighted by Gasteiger charge is 2.77. The number of nitrogens with zero attached hydrogens (tertiary/aromatic N) is 2. The van der Waals surface area contributed by atoms with Crippen molar-refractivity contribution in [2.75, 3.05) is 31.2 Å². The topological polar surface area (TPSA) is 87.2 Å². The Bertz CT molecular complexity index is 1040. The summed E-state index contributed by atoms with van der Waals surface area (Å²) < 4.78 is 4.27. The molecule has 3 aliphatic rings. The van der Waals surface area contributed by atoms with Crippen LogP contribution in [0.4, 0.5) is 5.69 Å². The van der Waals surface area contributed by atoms with Crippen LogP contribution in [0.25, 0.3) is 0 Å². The Labute approximate surface area is 211 Å². The number of hydrogen-bond donors (Lipinski definition) is 1. The lowest BCUT2D eigenvalue weighted by Gasteiger charge is -2.37. The van der Waals surface area contributed by atoms with Crippen LogP contribution in [0.1, 0.15) is 44.2 Å². The van der Waals surface area contributed by atoms with E-state index >= 15 is 0 Å². The molecule has 3 saturated heterocycles. The van der Waals surface area contributed by atoms with Gasteiger partial charge in [-0.3, -0.25) is 14.4 Å². The van der Waals surface area contributed by atoms with Gasteiger partial charge in [0.25, 0.3) is 5.91 Å². The van der Waals surface area contributed by atoms with Gasteiger partial charge in [0.15, 0.2) is 0 Å². The number of hydrogen-bond acceptors (Lipinski definition) is 6. The van der Waals surface area contributed by atoms with E-state index in [0.29, 0.717) is 19.4 Å². The number of esters is 1. The molecule has 0 aliphatic carbocycles. The molecule has 2 amide bonds. The lowest BCUT2D eigenvalue weighted by molar-refractivity contribution is -0.155. The van der Waals surface area contributed by atoms with Gasteiger partial charge in [-0.2, -0.15) is 0 Å². The van der Waals surface area contributed by atoms with Crippen molar-refractivity contribution >= 4 is 35.2 Å². The smallest absolute Gasteiger partial charge is 0.311 e. The van der Waals surface area contributed by atoms with Crippen LogP contribution in [0, 0.1) is 25.7 Å². The highest BCUT2D eigenvalue weighted by atomic mass is 32.2. The summed E-state index contributed by atoms with van der Waals surface area (Å²) in [5.41, 5.74) is 2.80. The summed E-state index contributed by atoms with van der Waals surface area (Å²) in [4.78, 5) is 44.8. The third-order valence-electron chi connectivity index (χ3n) is 7.84. The van der Waals surface area contributed by atoms with Crippen molar-refractivity contribution < 1.29 is 24.2 Å². The summed E-state index contributed by atoms with van der Waals surface area (Å²) in [6, 6.07) is 5.27. The van der Waals surface area contributed by atoms with Crippen LogP contribution in [-0.2, 0) is 19.1 Å². The standard InChI is InChI=1S/C27H36N2O5S/c1-6-13-28(19-16-17(3)9-10-18(19)4)24(32)22-27-12-11-26(5,35-27)21(25(33)34-7-2)20(27)23(31)29(22)14-8-15-30/h6,9-10,16,20-22,30H,1,7-8,11-15H2,2-5H3/t20-,21+,22?,26-,27?/m0/s1. The van der Waals surface area contributed by atoms with Gasteiger partial charge in [0.2, 0.25) is 5.91 Å². The summed E-state index contributed by atoms with van der Waals surface area (Å²) in [7, 11) is 0. The maximum absolute atomic E-state index is 14.4. The number of anilines is 1. The second-order valence-electron chi connectivity index (χ2n) is 10.1. The number of benzene rings is 1. The van der Waals surface area contributed by atoms with Crippen molar-refractivity contribution in [2.45, 2.75) is 62.5 Å². The third kappa shape index (κ3) is 3.99. The number of rotatable bonds is 9. The zero-order chi connectivity index (χ0) is 25.5. The summed E-state index contributed by atoms with van der Waals surface area (Å²) in [5.74, 6) is -1.88. The van der Waals surface area contributed by atoms with Gasteiger partial charge >= 0.3 is 5.97 Å². The van der Waals surface area contributed by atoms with Gasteiger partial charge in [-0.1, -0.05) is 18.2 Å². The van der Waals surface area contributed by atoms with Gasteiger partial charge in [0.1, 0.15) is 6.04 Å². The molecule has 5 atom stereocenters. The van der Waals surface area contributed by atoms with Gasteiger partial charge in [-0.25, -0.2) is 0 Å². The maximum Gasteiger partial charge on any atom is 0.311 e. The number of amides is 2. The minimum absolute atomic E-state index is 0.0815. The van der Waals surface area contributed by atoms with Crippen LogP contribution in [-0.4, -0.2) is 69.6 Å². The van der Waals surface area contributed by atoms with Crippen molar-refractivity contribution in [3.05, 3.63) is 42.0 Å². The molecule has 190 valence electrons. The number of carbonyl (C=O) groups is 3. The first-order chi connectivity index (χ1) is 16.6. The van der Waals surface area contributed by atoms with E-state index in [1.165, 1.54) is 0 Å².